The zero-order valence-electron chi connectivity index (χ0n) is 8.50. The maximum absolute atomic E-state index is 11.5. The number of nitrogens with zero attached hydrogens (tertiary/aromatic N) is 2. The van der Waals surface area contributed by atoms with E-state index in [1.807, 2.05) is 0 Å². The van der Waals surface area contributed by atoms with E-state index in [0.717, 1.165) is 0 Å². The molecule has 0 radical (unpaired) electrons. The molecule has 2 fully saturated rings. The van der Waals surface area contributed by atoms with Crippen molar-refractivity contribution >= 4 is 6.09 Å². The van der Waals surface area contributed by atoms with Crippen molar-refractivity contribution in [2.24, 2.45) is 0 Å². The van der Waals surface area contributed by atoms with E-state index in [2.05, 4.69) is 0 Å². The van der Waals surface area contributed by atoms with E-state index in [1.165, 1.54) is 9.96 Å². The van der Waals surface area contributed by atoms with Gasteiger partial charge in [0, 0.05) is 13.1 Å². The number of hydrogen-bond donors (Lipinski definition) is 2. The van der Waals surface area contributed by atoms with Crippen molar-refractivity contribution in [2.45, 2.75) is 25.0 Å². The molecule has 6 heteroatoms. The van der Waals surface area contributed by atoms with Crippen LogP contribution in [0.2, 0.25) is 0 Å². The fourth-order valence-electron chi connectivity index (χ4n) is 1.87. The highest BCUT2D eigenvalue weighted by Crippen LogP contribution is 2.14. The van der Waals surface area contributed by atoms with Gasteiger partial charge in [-0.25, -0.2) is 4.79 Å². The molecule has 2 unspecified atom stereocenters. The predicted octanol–water partition coefficient (Wildman–Crippen LogP) is -0.829. The Balaban J connectivity index is 1.77. The number of hydroxylamine groups is 2. The number of likely N-dealkylation sites (tertiary alicyclic amines) is 1. The molecule has 6 nitrogen and oxygen atoms in total. The first-order valence-electron chi connectivity index (χ1n) is 5.23. The van der Waals surface area contributed by atoms with E-state index >= 15 is 0 Å². The number of amides is 1. The number of rotatable bonds is 1. The van der Waals surface area contributed by atoms with Crippen molar-refractivity contribution in [2.75, 3.05) is 26.2 Å². The van der Waals surface area contributed by atoms with Crippen molar-refractivity contribution in [3.8, 4) is 0 Å². The summed E-state index contributed by atoms with van der Waals surface area (Å²) in [6, 6.07) is 0. The monoisotopic (exact) mass is 216 g/mol. The van der Waals surface area contributed by atoms with Gasteiger partial charge < -0.3 is 20.0 Å². The number of β-amino-alcohol motifs (C(OH)–C–C–N with tert-alkyl or cyclic N) is 2. The second kappa shape index (κ2) is 4.34. The van der Waals surface area contributed by atoms with Crippen LogP contribution in [0, 0.1) is 0 Å². The molecule has 0 aromatic carbocycles. The van der Waals surface area contributed by atoms with E-state index in [1.54, 1.807) is 0 Å². The largest absolute Gasteiger partial charge is 0.429 e. The molecule has 2 saturated heterocycles. The molecule has 0 aromatic heterocycles. The molecule has 2 atom stereocenters. The lowest BCUT2D eigenvalue weighted by atomic mass is 10.3. The lowest BCUT2D eigenvalue weighted by Crippen LogP contribution is -2.36. The van der Waals surface area contributed by atoms with Crippen molar-refractivity contribution in [3.63, 3.8) is 0 Å². The summed E-state index contributed by atoms with van der Waals surface area (Å²) in [6.07, 6.45) is -0.0162. The molecule has 2 aliphatic rings. The van der Waals surface area contributed by atoms with Crippen LogP contribution in [0.5, 0.6) is 0 Å². The Labute approximate surface area is 88.0 Å². The van der Waals surface area contributed by atoms with Crippen LogP contribution in [0.25, 0.3) is 0 Å². The van der Waals surface area contributed by atoms with Gasteiger partial charge in [-0.05, 0) is 12.8 Å². The van der Waals surface area contributed by atoms with Crippen LogP contribution in [-0.4, -0.2) is 64.7 Å². The fraction of sp³-hybridized carbons (Fsp3) is 0.889. The number of carbonyl (C=O) groups excluding carboxylic acids is 1. The third-order valence-corrected chi connectivity index (χ3v) is 2.75. The van der Waals surface area contributed by atoms with Gasteiger partial charge in [0.05, 0.1) is 25.3 Å². The Morgan fingerprint density at radius 1 is 1.13 bits per heavy atom. The third-order valence-electron chi connectivity index (χ3n) is 2.75. The van der Waals surface area contributed by atoms with Gasteiger partial charge in [-0.1, -0.05) is 0 Å². The third kappa shape index (κ3) is 2.58. The first-order valence-corrected chi connectivity index (χ1v) is 5.23. The van der Waals surface area contributed by atoms with Crippen LogP contribution in [0.1, 0.15) is 12.8 Å². The molecule has 0 aliphatic carbocycles. The van der Waals surface area contributed by atoms with Crippen LogP contribution in [-0.2, 0) is 4.84 Å². The number of aliphatic hydroxyl groups is 2. The summed E-state index contributed by atoms with van der Waals surface area (Å²) in [5.74, 6) is 0. The second-order valence-electron chi connectivity index (χ2n) is 4.08. The molecule has 15 heavy (non-hydrogen) atoms. The van der Waals surface area contributed by atoms with Crippen molar-refractivity contribution < 1.29 is 19.8 Å². The Morgan fingerprint density at radius 2 is 1.80 bits per heavy atom. The molecule has 2 heterocycles. The number of aliphatic hydroxyl groups excluding tert-OH is 2. The van der Waals surface area contributed by atoms with Gasteiger partial charge in [0.1, 0.15) is 0 Å². The molecule has 86 valence electrons. The van der Waals surface area contributed by atoms with E-state index in [9.17, 15) is 15.0 Å². The minimum absolute atomic E-state index is 0.342. The zero-order chi connectivity index (χ0) is 10.8. The van der Waals surface area contributed by atoms with Gasteiger partial charge in [0.2, 0.25) is 0 Å². The van der Waals surface area contributed by atoms with Crippen molar-refractivity contribution in [1.82, 2.24) is 9.96 Å². The maximum atomic E-state index is 11.5. The Kier molecular flexibility index (Phi) is 3.08. The van der Waals surface area contributed by atoms with E-state index < -0.39 is 18.3 Å². The van der Waals surface area contributed by atoms with Gasteiger partial charge in [-0.2, -0.15) is 0 Å². The standard InChI is InChI=1S/C9H16N2O4/c12-7-1-3-10(5-7)9(14)15-11-4-2-8(13)6-11/h7-8,12-13H,1-6H2. The molecule has 2 aliphatic heterocycles. The summed E-state index contributed by atoms with van der Waals surface area (Å²) in [5.41, 5.74) is 0. The molecule has 2 N–H and O–H groups in total. The molecule has 0 aromatic rings. The maximum Gasteiger partial charge on any atom is 0.429 e. The van der Waals surface area contributed by atoms with Crippen LogP contribution < -0.4 is 0 Å². The van der Waals surface area contributed by atoms with Gasteiger partial charge in [-0.15, -0.1) is 5.06 Å². The Morgan fingerprint density at radius 3 is 2.33 bits per heavy atom. The van der Waals surface area contributed by atoms with E-state index in [4.69, 9.17) is 4.84 Å². The highest BCUT2D eigenvalue weighted by molar-refractivity contribution is 5.67. The smallest absolute Gasteiger partial charge is 0.392 e. The SMILES string of the molecule is O=C(ON1CCC(O)C1)N1CCC(O)C1. The van der Waals surface area contributed by atoms with Crippen molar-refractivity contribution in [3.05, 3.63) is 0 Å². The highest BCUT2D eigenvalue weighted by Gasteiger charge is 2.29. The molecule has 0 saturated carbocycles. The lowest BCUT2D eigenvalue weighted by Gasteiger charge is -2.20. The summed E-state index contributed by atoms with van der Waals surface area (Å²) in [5, 5.41) is 20.0. The zero-order valence-corrected chi connectivity index (χ0v) is 8.50. The molecule has 0 spiro atoms. The summed E-state index contributed by atoms with van der Waals surface area (Å²) in [7, 11) is 0. The van der Waals surface area contributed by atoms with Crippen LogP contribution in [0.3, 0.4) is 0 Å². The fourth-order valence-corrected chi connectivity index (χ4v) is 1.87. The Hall–Kier alpha value is -0.850. The van der Waals surface area contributed by atoms with Crippen LogP contribution in [0.4, 0.5) is 4.79 Å². The molecule has 0 bridgehead atoms. The van der Waals surface area contributed by atoms with Gasteiger partial charge >= 0.3 is 6.09 Å². The van der Waals surface area contributed by atoms with E-state index in [0.29, 0.717) is 39.0 Å². The summed E-state index contributed by atoms with van der Waals surface area (Å²) >= 11 is 0. The lowest BCUT2D eigenvalue weighted by molar-refractivity contribution is -0.0992. The van der Waals surface area contributed by atoms with Crippen LogP contribution in [0.15, 0.2) is 0 Å². The van der Waals surface area contributed by atoms with Gasteiger partial charge in [-0.3, -0.25) is 0 Å². The van der Waals surface area contributed by atoms with E-state index in [-0.39, 0.29) is 0 Å². The minimum Gasteiger partial charge on any atom is -0.392 e. The normalized spacial score (nSPS) is 32.3. The van der Waals surface area contributed by atoms with Gasteiger partial charge in [0.25, 0.3) is 0 Å². The average molecular weight is 216 g/mol. The molecule has 2 rings (SSSR count). The summed E-state index contributed by atoms with van der Waals surface area (Å²) in [4.78, 5) is 18.1. The quantitative estimate of drug-likeness (QED) is 0.598. The second-order valence-corrected chi connectivity index (χ2v) is 4.08. The first kappa shape index (κ1) is 10.7. The minimum atomic E-state index is -0.430. The average Bonchev–Trinajstić information content (AvgIpc) is 2.75. The molecular weight excluding hydrogens is 200 g/mol. The predicted molar refractivity (Wildman–Crippen MR) is 50.9 cm³/mol. The Bertz CT molecular complexity index is 248. The molecule has 1 amide bonds. The number of carbonyl (C=O) groups is 1. The van der Waals surface area contributed by atoms with Crippen molar-refractivity contribution in [1.29, 1.82) is 0 Å². The summed E-state index contributed by atoms with van der Waals surface area (Å²) < 4.78 is 0. The first-order chi connectivity index (χ1) is 7.15. The van der Waals surface area contributed by atoms with Crippen LogP contribution >= 0.6 is 0 Å². The highest BCUT2D eigenvalue weighted by atomic mass is 16.7. The molecular formula is C9H16N2O4. The number of hydrogen-bond acceptors (Lipinski definition) is 5. The van der Waals surface area contributed by atoms with Gasteiger partial charge in [0.15, 0.2) is 0 Å². The topological polar surface area (TPSA) is 73.2 Å². The summed E-state index contributed by atoms with van der Waals surface area (Å²) in [6.45, 7) is 1.83.